The van der Waals surface area contributed by atoms with Gasteiger partial charge >= 0.3 is 11.9 Å². The molecular formula is C9H6N2O5S2. The summed E-state index contributed by atoms with van der Waals surface area (Å²) in [6, 6.07) is 0. The molecule has 0 aliphatic rings. The maximum atomic E-state index is 11.7. The fourth-order valence-corrected chi connectivity index (χ4v) is 2.84. The highest BCUT2D eigenvalue weighted by Crippen LogP contribution is 2.23. The van der Waals surface area contributed by atoms with Gasteiger partial charge in [0.25, 0.3) is 5.56 Å². The highest BCUT2D eigenvalue weighted by Gasteiger charge is 2.16. The number of aromatic amines is 1. The highest BCUT2D eigenvalue weighted by molar-refractivity contribution is 7.99. The van der Waals surface area contributed by atoms with E-state index in [1.54, 1.807) is 0 Å². The van der Waals surface area contributed by atoms with Crippen molar-refractivity contribution in [1.82, 2.24) is 9.97 Å². The average Bonchev–Trinajstić information content (AvgIpc) is 2.70. The first kappa shape index (κ1) is 12.6. The largest absolute Gasteiger partial charge is 0.481 e. The topological polar surface area (TPSA) is 120 Å². The summed E-state index contributed by atoms with van der Waals surface area (Å²) in [4.78, 5) is 39.6. The number of aromatic carboxylic acids is 1. The van der Waals surface area contributed by atoms with Crippen molar-refractivity contribution >= 4 is 45.3 Å². The third-order valence-electron chi connectivity index (χ3n) is 1.98. The number of thioether (sulfide) groups is 1. The molecule has 0 saturated carbocycles. The Morgan fingerprint density at radius 3 is 2.78 bits per heavy atom. The summed E-state index contributed by atoms with van der Waals surface area (Å²) in [6.45, 7) is 0. The van der Waals surface area contributed by atoms with Crippen LogP contribution in [0.15, 0.2) is 15.3 Å². The summed E-state index contributed by atoms with van der Waals surface area (Å²) in [6.07, 6.45) is 0. The molecule has 0 aliphatic carbocycles. The van der Waals surface area contributed by atoms with Crippen LogP contribution in [-0.2, 0) is 4.79 Å². The van der Waals surface area contributed by atoms with Crippen LogP contribution in [0.2, 0.25) is 0 Å². The van der Waals surface area contributed by atoms with Crippen molar-refractivity contribution in [3.63, 3.8) is 0 Å². The van der Waals surface area contributed by atoms with E-state index in [-0.39, 0.29) is 26.7 Å². The first-order chi connectivity index (χ1) is 8.49. The fraction of sp³-hybridized carbons (Fsp3) is 0.111. The molecule has 18 heavy (non-hydrogen) atoms. The smallest absolute Gasteiger partial charge is 0.337 e. The molecule has 0 amide bonds. The van der Waals surface area contributed by atoms with Crippen LogP contribution in [0, 0.1) is 0 Å². The van der Waals surface area contributed by atoms with Crippen LogP contribution >= 0.6 is 23.1 Å². The molecule has 2 rings (SSSR count). The van der Waals surface area contributed by atoms with Crippen LogP contribution in [0.4, 0.5) is 0 Å². The average molecular weight is 286 g/mol. The number of fused-ring (bicyclic) bond motifs is 1. The van der Waals surface area contributed by atoms with Gasteiger partial charge in [-0.3, -0.25) is 9.59 Å². The lowest BCUT2D eigenvalue weighted by atomic mass is 10.2. The van der Waals surface area contributed by atoms with E-state index >= 15 is 0 Å². The number of aliphatic carboxylic acids is 1. The molecule has 0 aromatic carbocycles. The minimum atomic E-state index is -1.19. The molecule has 3 N–H and O–H groups in total. The number of hydrogen-bond acceptors (Lipinski definition) is 6. The molecule has 0 saturated heterocycles. The summed E-state index contributed by atoms with van der Waals surface area (Å²) in [5.41, 5.74) is -0.676. The van der Waals surface area contributed by atoms with Gasteiger partial charge < -0.3 is 15.2 Å². The van der Waals surface area contributed by atoms with Crippen molar-refractivity contribution < 1.29 is 19.8 Å². The Kier molecular flexibility index (Phi) is 3.34. The number of nitrogens with one attached hydrogen (secondary N) is 1. The summed E-state index contributed by atoms with van der Waals surface area (Å²) in [5, 5.41) is 18.9. The minimum absolute atomic E-state index is 0.0205. The Bertz CT molecular complexity index is 690. The first-order valence-electron chi connectivity index (χ1n) is 4.58. The number of hydrogen-bond donors (Lipinski definition) is 3. The van der Waals surface area contributed by atoms with E-state index in [2.05, 4.69) is 9.97 Å². The second kappa shape index (κ2) is 4.78. The van der Waals surface area contributed by atoms with Gasteiger partial charge in [-0.1, -0.05) is 11.8 Å². The molecule has 9 heteroatoms. The predicted octanol–water partition coefficient (Wildman–Crippen LogP) is 0.859. The third kappa shape index (κ3) is 2.36. The lowest BCUT2D eigenvalue weighted by molar-refractivity contribution is -0.133. The SMILES string of the molecule is O=C(O)CSc1nc2scc(C(=O)O)c2c(=O)[nH]1. The van der Waals surface area contributed by atoms with Crippen LogP contribution in [0.1, 0.15) is 10.4 Å². The molecule has 0 spiro atoms. The standard InChI is InChI=1S/C9H6N2O5S2/c12-4(13)2-18-9-10-6(14)5-3(8(15)16)1-17-7(5)11-9/h1H,2H2,(H,12,13)(H,15,16)(H,10,11,14). The summed E-state index contributed by atoms with van der Waals surface area (Å²) in [5.74, 6) is -2.45. The third-order valence-corrected chi connectivity index (χ3v) is 3.72. The van der Waals surface area contributed by atoms with E-state index in [9.17, 15) is 14.4 Å². The normalized spacial score (nSPS) is 10.7. The van der Waals surface area contributed by atoms with E-state index in [1.807, 2.05) is 0 Å². The number of aromatic nitrogens is 2. The van der Waals surface area contributed by atoms with Crippen molar-refractivity contribution in [3.05, 3.63) is 21.3 Å². The summed E-state index contributed by atoms with van der Waals surface area (Å²) in [7, 11) is 0. The quantitative estimate of drug-likeness (QED) is 0.563. The molecular weight excluding hydrogens is 280 g/mol. The van der Waals surface area contributed by atoms with Crippen molar-refractivity contribution in [2.45, 2.75) is 5.16 Å². The van der Waals surface area contributed by atoms with Gasteiger partial charge in [-0.2, -0.15) is 0 Å². The number of thiophene rings is 1. The maximum absolute atomic E-state index is 11.7. The molecule has 94 valence electrons. The summed E-state index contributed by atoms with van der Waals surface area (Å²) >= 11 is 1.90. The van der Waals surface area contributed by atoms with Crippen LogP contribution in [0.5, 0.6) is 0 Å². The Balaban J connectivity index is 2.48. The predicted molar refractivity (Wildman–Crippen MR) is 65.6 cm³/mol. The minimum Gasteiger partial charge on any atom is -0.481 e. The zero-order valence-electron chi connectivity index (χ0n) is 8.67. The molecule has 2 heterocycles. The second-order valence-electron chi connectivity index (χ2n) is 3.19. The first-order valence-corrected chi connectivity index (χ1v) is 6.45. The Labute approximate surface area is 107 Å². The second-order valence-corrected chi connectivity index (χ2v) is 5.01. The Morgan fingerprint density at radius 1 is 1.44 bits per heavy atom. The number of carboxylic acid groups (broad SMARTS) is 2. The van der Waals surface area contributed by atoms with E-state index in [0.29, 0.717) is 0 Å². The molecule has 0 atom stereocenters. The van der Waals surface area contributed by atoms with Crippen LogP contribution in [-0.4, -0.2) is 37.9 Å². The van der Waals surface area contributed by atoms with E-state index in [4.69, 9.17) is 10.2 Å². The van der Waals surface area contributed by atoms with Crippen LogP contribution in [0.3, 0.4) is 0 Å². The van der Waals surface area contributed by atoms with Crippen molar-refractivity contribution in [2.24, 2.45) is 0 Å². The van der Waals surface area contributed by atoms with Crippen LogP contribution < -0.4 is 5.56 Å². The summed E-state index contributed by atoms with van der Waals surface area (Å²) < 4.78 is 0. The van der Waals surface area contributed by atoms with E-state index in [1.165, 1.54) is 5.38 Å². The maximum Gasteiger partial charge on any atom is 0.337 e. The van der Waals surface area contributed by atoms with Gasteiger partial charge in [0.2, 0.25) is 0 Å². The molecule has 0 fully saturated rings. The van der Waals surface area contributed by atoms with Gasteiger partial charge in [0.1, 0.15) is 4.83 Å². The molecule has 7 nitrogen and oxygen atoms in total. The molecule has 2 aromatic heterocycles. The van der Waals surface area contributed by atoms with Gasteiger partial charge in [-0.25, -0.2) is 9.78 Å². The monoisotopic (exact) mass is 286 g/mol. The lowest BCUT2D eigenvalue weighted by Crippen LogP contribution is -2.12. The molecule has 0 bridgehead atoms. The van der Waals surface area contributed by atoms with Crippen LogP contribution in [0.25, 0.3) is 10.2 Å². The molecule has 0 aliphatic heterocycles. The van der Waals surface area contributed by atoms with Gasteiger partial charge in [-0.15, -0.1) is 11.3 Å². The lowest BCUT2D eigenvalue weighted by Gasteiger charge is -1.98. The molecule has 0 unspecified atom stereocenters. The Morgan fingerprint density at radius 2 is 2.17 bits per heavy atom. The van der Waals surface area contributed by atoms with Crippen molar-refractivity contribution in [2.75, 3.05) is 5.75 Å². The zero-order valence-corrected chi connectivity index (χ0v) is 10.3. The van der Waals surface area contributed by atoms with Gasteiger partial charge in [0.15, 0.2) is 5.16 Å². The fourth-order valence-electron chi connectivity index (χ4n) is 1.29. The molecule has 2 aromatic rings. The zero-order chi connectivity index (χ0) is 13.3. The number of nitrogens with zero attached hydrogens (tertiary/aromatic N) is 1. The van der Waals surface area contributed by atoms with Gasteiger partial charge in [0.05, 0.1) is 16.7 Å². The number of rotatable bonds is 4. The molecule has 0 radical (unpaired) electrons. The highest BCUT2D eigenvalue weighted by atomic mass is 32.2. The van der Waals surface area contributed by atoms with Crippen molar-refractivity contribution in [1.29, 1.82) is 0 Å². The van der Waals surface area contributed by atoms with Gasteiger partial charge in [-0.05, 0) is 0 Å². The van der Waals surface area contributed by atoms with Crippen molar-refractivity contribution in [3.8, 4) is 0 Å². The van der Waals surface area contributed by atoms with E-state index < -0.39 is 17.5 Å². The van der Waals surface area contributed by atoms with E-state index in [0.717, 1.165) is 23.1 Å². The number of carbonyl (C=O) groups is 2. The number of carboxylic acids is 2. The Hall–Kier alpha value is -1.87. The van der Waals surface area contributed by atoms with Gasteiger partial charge in [0, 0.05) is 5.38 Å². The number of H-pyrrole nitrogens is 1.